The third-order valence-corrected chi connectivity index (χ3v) is 2.23. The Bertz CT molecular complexity index is 466. The molecule has 4 heteroatoms. The third kappa shape index (κ3) is 3.51. The Labute approximate surface area is 100 Å². The smallest absolute Gasteiger partial charge is 0.384 e. The Balaban J connectivity index is 3.02. The van der Waals surface area contributed by atoms with Gasteiger partial charge in [-0.15, -0.1) is 0 Å². The van der Waals surface area contributed by atoms with E-state index in [0.29, 0.717) is 11.3 Å². The number of hydrogen-bond donors (Lipinski definition) is 1. The lowest BCUT2D eigenvalue weighted by Crippen LogP contribution is -2.19. The second kappa shape index (κ2) is 5.37. The van der Waals surface area contributed by atoms with Crippen molar-refractivity contribution in [3.8, 4) is 17.6 Å². The Morgan fingerprint density at radius 1 is 1.41 bits per heavy atom. The highest BCUT2D eigenvalue weighted by molar-refractivity contribution is 5.88. The molecule has 0 heterocycles. The van der Waals surface area contributed by atoms with Crippen molar-refractivity contribution in [1.29, 1.82) is 0 Å². The van der Waals surface area contributed by atoms with E-state index in [9.17, 15) is 9.90 Å². The number of carbonyl (C=O) groups is 1. The van der Waals surface area contributed by atoms with Crippen LogP contribution in [0.4, 0.5) is 0 Å². The molecule has 0 radical (unpaired) electrons. The molecule has 0 bridgehead atoms. The lowest BCUT2D eigenvalue weighted by atomic mass is 9.96. The lowest BCUT2D eigenvalue weighted by molar-refractivity contribution is -0.133. The molecule has 1 rings (SSSR count). The minimum atomic E-state index is -1.43. The molecule has 0 aliphatic carbocycles. The van der Waals surface area contributed by atoms with Crippen LogP contribution in [0.1, 0.15) is 12.5 Å². The van der Waals surface area contributed by atoms with Gasteiger partial charge in [0.15, 0.2) is 0 Å². The van der Waals surface area contributed by atoms with Crippen molar-refractivity contribution >= 4 is 5.97 Å². The molecule has 1 aromatic rings. The predicted octanol–water partition coefficient (Wildman–Crippen LogP) is 1.08. The zero-order valence-electron chi connectivity index (χ0n) is 9.98. The average Bonchev–Trinajstić information content (AvgIpc) is 2.36. The molecular formula is C13H14O4. The van der Waals surface area contributed by atoms with Crippen LogP contribution in [0.25, 0.3) is 0 Å². The van der Waals surface area contributed by atoms with E-state index in [2.05, 4.69) is 16.6 Å². The van der Waals surface area contributed by atoms with Crippen LogP contribution in [0.2, 0.25) is 0 Å². The summed E-state index contributed by atoms with van der Waals surface area (Å²) in [6.45, 7) is 1.50. The molecule has 0 aliphatic rings. The van der Waals surface area contributed by atoms with E-state index in [0.717, 1.165) is 0 Å². The Kier molecular flexibility index (Phi) is 4.13. The van der Waals surface area contributed by atoms with E-state index < -0.39 is 11.6 Å². The van der Waals surface area contributed by atoms with Crippen LogP contribution < -0.4 is 4.74 Å². The van der Waals surface area contributed by atoms with Crippen LogP contribution in [0.15, 0.2) is 24.3 Å². The average molecular weight is 234 g/mol. The molecule has 1 N–H and O–H groups in total. The van der Waals surface area contributed by atoms with Gasteiger partial charge in [0.2, 0.25) is 0 Å². The quantitative estimate of drug-likeness (QED) is 0.472. The summed E-state index contributed by atoms with van der Waals surface area (Å²) >= 11 is 0. The molecule has 1 unspecified atom stereocenters. The Morgan fingerprint density at radius 2 is 2.12 bits per heavy atom. The van der Waals surface area contributed by atoms with Gasteiger partial charge in [-0.1, -0.05) is 18.1 Å². The highest BCUT2D eigenvalue weighted by Gasteiger charge is 2.20. The third-order valence-electron chi connectivity index (χ3n) is 2.23. The summed E-state index contributed by atoms with van der Waals surface area (Å²) in [4.78, 5) is 10.9. The highest BCUT2D eigenvalue weighted by atomic mass is 16.5. The molecule has 17 heavy (non-hydrogen) atoms. The molecule has 0 aliphatic heterocycles. The fraction of sp³-hybridized carbons (Fsp3) is 0.308. The van der Waals surface area contributed by atoms with Crippen molar-refractivity contribution in [2.75, 3.05) is 14.2 Å². The van der Waals surface area contributed by atoms with Crippen molar-refractivity contribution in [2.24, 2.45) is 0 Å². The minimum absolute atomic E-state index is 0.549. The molecular weight excluding hydrogens is 220 g/mol. The van der Waals surface area contributed by atoms with E-state index in [4.69, 9.17) is 4.74 Å². The van der Waals surface area contributed by atoms with Gasteiger partial charge in [-0.3, -0.25) is 0 Å². The van der Waals surface area contributed by atoms with E-state index in [1.54, 1.807) is 24.3 Å². The van der Waals surface area contributed by atoms with Crippen molar-refractivity contribution in [3.63, 3.8) is 0 Å². The maximum atomic E-state index is 10.9. The minimum Gasteiger partial charge on any atom is -0.497 e. The first-order chi connectivity index (χ1) is 7.99. The molecule has 0 saturated carbocycles. The molecule has 1 atom stereocenters. The van der Waals surface area contributed by atoms with Crippen LogP contribution >= 0.6 is 0 Å². The summed E-state index contributed by atoms with van der Waals surface area (Å²) in [6.07, 6.45) is 0. The Hall–Kier alpha value is -1.99. The number of rotatable bonds is 2. The Morgan fingerprint density at radius 3 is 2.71 bits per heavy atom. The number of esters is 1. The molecule has 0 amide bonds. The van der Waals surface area contributed by atoms with Gasteiger partial charge in [0.1, 0.15) is 11.4 Å². The van der Waals surface area contributed by atoms with Crippen molar-refractivity contribution < 1.29 is 19.4 Å². The summed E-state index contributed by atoms with van der Waals surface area (Å²) < 4.78 is 9.42. The highest BCUT2D eigenvalue weighted by Crippen LogP contribution is 2.23. The van der Waals surface area contributed by atoms with Gasteiger partial charge in [0.25, 0.3) is 0 Å². The van der Waals surface area contributed by atoms with Gasteiger partial charge in [-0.25, -0.2) is 4.79 Å². The number of hydrogen-bond acceptors (Lipinski definition) is 4. The number of benzene rings is 1. The summed E-state index contributed by atoms with van der Waals surface area (Å²) in [5.74, 6) is 4.59. The molecule has 0 spiro atoms. The van der Waals surface area contributed by atoms with E-state index in [-0.39, 0.29) is 0 Å². The SMILES string of the molecule is COC(=O)C#CC(C)(O)c1cccc(OC)c1. The number of ether oxygens (including phenoxy) is 2. The number of aliphatic hydroxyl groups is 1. The zero-order valence-corrected chi connectivity index (χ0v) is 9.98. The second-order valence-electron chi connectivity index (χ2n) is 3.55. The van der Waals surface area contributed by atoms with E-state index in [1.165, 1.54) is 21.1 Å². The molecule has 0 aromatic heterocycles. The van der Waals surface area contributed by atoms with Gasteiger partial charge >= 0.3 is 5.97 Å². The molecule has 1 aromatic carbocycles. The first kappa shape index (κ1) is 13.1. The van der Waals surface area contributed by atoms with Crippen molar-refractivity contribution in [3.05, 3.63) is 29.8 Å². The lowest BCUT2D eigenvalue weighted by Gasteiger charge is -2.17. The van der Waals surface area contributed by atoms with Crippen LogP contribution in [-0.2, 0) is 15.1 Å². The summed E-state index contributed by atoms with van der Waals surface area (Å²) in [5.41, 5.74) is -0.879. The largest absolute Gasteiger partial charge is 0.497 e. The van der Waals surface area contributed by atoms with E-state index >= 15 is 0 Å². The molecule has 4 nitrogen and oxygen atoms in total. The van der Waals surface area contributed by atoms with Crippen LogP contribution in [0.3, 0.4) is 0 Å². The van der Waals surface area contributed by atoms with Gasteiger partial charge in [-0.2, -0.15) is 0 Å². The molecule has 0 saturated heterocycles. The fourth-order valence-corrected chi connectivity index (χ4v) is 1.22. The number of methoxy groups -OCH3 is 2. The summed E-state index contributed by atoms with van der Waals surface area (Å²) in [5, 5.41) is 10.1. The predicted molar refractivity (Wildman–Crippen MR) is 62.4 cm³/mol. The van der Waals surface area contributed by atoms with Crippen molar-refractivity contribution in [1.82, 2.24) is 0 Å². The van der Waals surface area contributed by atoms with Crippen LogP contribution in [0.5, 0.6) is 5.75 Å². The summed E-state index contributed by atoms with van der Waals surface area (Å²) in [6, 6.07) is 6.86. The van der Waals surface area contributed by atoms with Crippen molar-refractivity contribution in [2.45, 2.75) is 12.5 Å². The zero-order chi connectivity index (χ0) is 12.9. The molecule has 0 fully saturated rings. The topological polar surface area (TPSA) is 55.8 Å². The van der Waals surface area contributed by atoms with Gasteiger partial charge in [0.05, 0.1) is 14.2 Å². The van der Waals surface area contributed by atoms with Gasteiger partial charge in [0, 0.05) is 5.92 Å². The fourth-order valence-electron chi connectivity index (χ4n) is 1.22. The maximum absolute atomic E-state index is 10.9. The number of carbonyl (C=O) groups excluding carboxylic acids is 1. The van der Waals surface area contributed by atoms with E-state index in [1.807, 2.05) is 0 Å². The standard InChI is InChI=1S/C13H14O4/c1-13(15,8-7-12(14)17-3)10-5-4-6-11(9-10)16-2/h4-6,9,15H,1-3H3. The first-order valence-electron chi connectivity index (χ1n) is 4.97. The maximum Gasteiger partial charge on any atom is 0.384 e. The first-order valence-corrected chi connectivity index (χ1v) is 4.97. The summed E-state index contributed by atoms with van der Waals surface area (Å²) in [7, 11) is 2.77. The van der Waals surface area contributed by atoms with Gasteiger partial charge in [-0.05, 0) is 24.6 Å². The second-order valence-corrected chi connectivity index (χ2v) is 3.55. The van der Waals surface area contributed by atoms with Crippen LogP contribution in [-0.4, -0.2) is 25.3 Å². The monoisotopic (exact) mass is 234 g/mol. The normalized spacial score (nSPS) is 12.9. The molecule has 90 valence electrons. The van der Waals surface area contributed by atoms with Crippen LogP contribution in [0, 0.1) is 11.8 Å². The van der Waals surface area contributed by atoms with Gasteiger partial charge < -0.3 is 14.6 Å².